The Kier molecular flexibility index (Phi) is 14.2. The molecule has 4 rings (SSSR count). The zero-order chi connectivity index (χ0) is 27.3. The van der Waals surface area contributed by atoms with E-state index in [1.54, 1.807) is 12.1 Å². The number of halogens is 1. The van der Waals surface area contributed by atoms with Crippen LogP contribution in [0.1, 0.15) is 103 Å². The molecule has 0 saturated heterocycles. The van der Waals surface area contributed by atoms with Crippen molar-refractivity contribution in [2.45, 2.75) is 100 Å². The highest BCUT2D eigenvalue weighted by atomic mass is 19.1. The molecule has 1 saturated carbocycles. The normalized spacial score (nSPS) is 13.1. The summed E-state index contributed by atoms with van der Waals surface area (Å²) in [5.41, 5.74) is 8.71. The summed E-state index contributed by atoms with van der Waals surface area (Å²) < 4.78 is 13.3. The van der Waals surface area contributed by atoms with Gasteiger partial charge in [0.25, 0.3) is 0 Å². The zero-order valence-corrected chi connectivity index (χ0v) is 24.6. The van der Waals surface area contributed by atoms with Crippen LogP contribution in [-0.4, -0.2) is 12.0 Å². The Hall–Kier alpha value is -2.55. The van der Waals surface area contributed by atoms with Crippen LogP contribution in [0, 0.1) is 25.6 Å². The molecule has 3 heteroatoms. The molecular formula is C33H51FN2. The van der Waals surface area contributed by atoms with Gasteiger partial charge in [-0.1, -0.05) is 71.6 Å². The lowest BCUT2D eigenvalue weighted by atomic mass is 9.78. The number of rotatable bonds is 4. The second-order valence-electron chi connectivity index (χ2n) is 10.5. The standard InChI is InChI=1S/C20H20FN.C5H11N.2C4H10/c1-12-10-13(2)19-17(11-12)18(14-4-3-5-14)20(22-19)15-6-8-16(21)9-7-15;1-4-5(2)6-3;1-4(2)3;1-3-4-2/h6-11,14,22H,3-5H2,1-2H3;4,6H,1-3H3;4H,1-3H3;3-4H2,1-2H3/b;5-4+;;. The lowest BCUT2D eigenvalue weighted by Crippen LogP contribution is -2.09. The first-order valence-electron chi connectivity index (χ1n) is 13.8. The molecule has 0 spiro atoms. The summed E-state index contributed by atoms with van der Waals surface area (Å²) >= 11 is 0. The molecule has 1 heterocycles. The van der Waals surface area contributed by atoms with Gasteiger partial charge in [0.05, 0.1) is 0 Å². The van der Waals surface area contributed by atoms with Crippen molar-refractivity contribution in [3.63, 3.8) is 0 Å². The fraction of sp³-hybridized carbons (Fsp3) is 0.515. The lowest BCUT2D eigenvalue weighted by Gasteiger charge is -2.26. The number of benzene rings is 2. The summed E-state index contributed by atoms with van der Waals surface area (Å²) in [6.07, 6.45) is 8.49. The molecule has 2 nitrogen and oxygen atoms in total. The first kappa shape index (κ1) is 31.5. The first-order chi connectivity index (χ1) is 17.1. The molecule has 200 valence electrons. The van der Waals surface area contributed by atoms with Crippen molar-refractivity contribution in [3.8, 4) is 11.3 Å². The van der Waals surface area contributed by atoms with E-state index in [1.165, 1.54) is 71.1 Å². The van der Waals surface area contributed by atoms with Crippen molar-refractivity contribution in [2.24, 2.45) is 5.92 Å². The fourth-order valence-corrected chi connectivity index (χ4v) is 3.78. The van der Waals surface area contributed by atoms with Crippen LogP contribution >= 0.6 is 0 Å². The van der Waals surface area contributed by atoms with Crippen LogP contribution in [0.3, 0.4) is 0 Å². The molecule has 36 heavy (non-hydrogen) atoms. The molecule has 0 radical (unpaired) electrons. The number of hydrogen-bond acceptors (Lipinski definition) is 1. The molecule has 0 bridgehead atoms. The molecule has 2 aromatic carbocycles. The van der Waals surface area contributed by atoms with E-state index in [4.69, 9.17) is 0 Å². The van der Waals surface area contributed by atoms with E-state index in [0.29, 0.717) is 5.92 Å². The number of hydrogen-bond donors (Lipinski definition) is 2. The highest BCUT2D eigenvalue weighted by Gasteiger charge is 2.27. The van der Waals surface area contributed by atoms with Gasteiger partial charge in [-0.25, -0.2) is 4.39 Å². The maximum atomic E-state index is 13.3. The number of unbranched alkanes of at least 4 members (excludes halogenated alkanes) is 1. The van der Waals surface area contributed by atoms with Gasteiger partial charge in [-0.3, -0.25) is 0 Å². The topological polar surface area (TPSA) is 27.8 Å². The highest BCUT2D eigenvalue weighted by molar-refractivity contribution is 5.94. The Labute approximate surface area is 220 Å². The summed E-state index contributed by atoms with van der Waals surface area (Å²) in [6.45, 7) is 19.2. The SMILES string of the molecule is C/C=C(\C)NC.CC(C)C.CCCC.Cc1cc(C)c2[nH]c(-c3ccc(F)cc3)c(C3CCC3)c2c1. The summed E-state index contributed by atoms with van der Waals surface area (Å²) in [5.74, 6) is 1.28. The molecule has 1 aromatic heterocycles. The lowest BCUT2D eigenvalue weighted by molar-refractivity contribution is 0.423. The third-order valence-electron chi connectivity index (χ3n) is 6.26. The molecule has 0 atom stereocenters. The Morgan fingerprint density at radius 2 is 1.61 bits per heavy atom. The van der Waals surface area contributed by atoms with Gasteiger partial charge in [0, 0.05) is 29.3 Å². The highest BCUT2D eigenvalue weighted by Crippen LogP contribution is 2.45. The van der Waals surface area contributed by atoms with Crippen molar-refractivity contribution in [2.75, 3.05) is 7.05 Å². The average molecular weight is 495 g/mol. The summed E-state index contributed by atoms with van der Waals surface area (Å²) in [4.78, 5) is 3.62. The van der Waals surface area contributed by atoms with E-state index >= 15 is 0 Å². The van der Waals surface area contributed by atoms with E-state index in [-0.39, 0.29) is 5.82 Å². The largest absolute Gasteiger partial charge is 0.392 e. The second-order valence-corrected chi connectivity index (χ2v) is 10.5. The van der Waals surface area contributed by atoms with Gasteiger partial charge in [0.15, 0.2) is 0 Å². The Morgan fingerprint density at radius 1 is 1.06 bits per heavy atom. The third kappa shape index (κ3) is 9.84. The zero-order valence-electron chi connectivity index (χ0n) is 24.6. The van der Waals surface area contributed by atoms with Gasteiger partial charge in [-0.05, 0) is 99.4 Å². The van der Waals surface area contributed by atoms with Crippen LogP contribution in [0.15, 0.2) is 48.2 Å². The molecule has 0 unspecified atom stereocenters. The predicted molar refractivity (Wildman–Crippen MR) is 159 cm³/mol. The fourth-order valence-electron chi connectivity index (χ4n) is 3.78. The number of H-pyrrole nitrogens is 1. The number of nitrogens with one attached hydrogen (secondary N) is 2. The maximum Gasteiger partial charge on any atom is 0.123 e. The van der Waals surface area contributed by atoms with Crippen molar-refractivity contribution in [1.82, 2.24) is 10.3 Å². The van der Waals surface area contributed by atoms with E-state index in [2.05, 4.69) is 70.9 Å². The van der Waals surface area contributed by atoms with Crippen LogP contribution in [0.2, 0.25) is 0 Å². The minimum Gasteiger partial charge on any atom is -0.392 e. The molecule has 0 amide bonds. The molecular weight excluding hydrogens is 443 g/mol. The maximum absolute atomic E-state index is 13.3. The van der Waals surface area contributed by atoms with E-state index < -0.39 is 0 Å². The van der Waals surface area contributed by atoms with Gasteiger partial charge in [0.1, 0.15) is 5.82 Å². The predicted octanol–water partition coefficient (Wildman–Crippen LogP) is 10.5. The minimum atomic E-state index is -0.183. The summed E-state index contributed by atoms with van der Waals surface area (Å²) in [5, 5.41) is 4.32. The molecule has 3 aromatic rings. The number of aromatic amines is 1. The van der Waals surface area contributed by atoms with E-state index in [9.17, 15) is 4.39 Å². The van der Waals surface area contributed by atoms with Crippen LogP contribution in [0.4, 0.5) is 4.39 Å². The van der Waals surface area contributed by atoms with Gasteiger partial charge in [-0.15, -0.1) is 0 Å². The smallest absolute Gasteiger partial charge is 0.123 e. The van der Waals surface area contributed by atoms with Crippen LogP contribution in [0.25, 0.3) is 22.2 Å². The Balaban J connectivity index is 0.000000385. The number of fused-ring (bicyclic) bond motifs is 1. The molecule has 1 fully saturated rings. The quantitative estimate of drug-likeness (QED) is 0.371. The first-order valence-corrected chi connectivity index (χ1v) is 13.8. The molecule has 2 N–H and O–H groups in total. The summed E-state index contributed by atoms with van der Waals surface area (Å²) in [6, 6.07) is 11.4. The monoisotopic (exact) mass is 494 g/mol. The average Bonchev–Trinajstić information content (AvgIpc) is 3.17. The Bertz CT molecular complexity index is 1050. The van der Waals surface area contributed by atoms with Gasteiger partial charge in [0.2, 0.25) is 0 Å². The van der Waals surface area contributed by atoms with Crippen molar-refractivity contribution >= 4 is 10.9 Å². The van der Waals surface area contributed by atoms with Gasteiger partial charge in [-0.2, -0.15) is 0 Å². The number of aryl methyl sites for hydroxylation is 2. The van der Waals surface area contributed by atoms with Crippen molar-refractivity contribution in [1.29, 1.82) is 0 Å². The van der Waals surface area contributed by atoms with Crippen LogP contribution < -0.4 is 5.32 Å². The number of aromatic nitrogens is 1. The third-order valence-corrected chi connectivity index (χ3v) is 6.26. The minimum absolute atomic E-state index is 0.183. The number of allylic oxidation sites excluding steroid dienone is 2. The Morgan fingerprint density at radius 3 is 2.00 bits per heavy atom. The second kappa shape index (κ2) is 16.2. The molecule has 1 aliphatic carbocycles. The van der Waals surface area contributed by atoms with Gasteiger partial charge < -0.3 is 10.3 Å². The van der Waals surface area contributed by atoms with Crippen molar-refractivity contribution < 1.29 is 4.39 Å². The van der Waals surface area contributed by atoms with Crippen molar-refractivity contribution in [3.05, 3.63) is 70.7 Å². The molecule has 0 aliphatic heterocycles. The molecule has 1 aliphatic rings. The van der Waals surface area contributed by atoms with Crippen LogP contribution in [-0.2, 0) is 0 Å². The summed E-state index contributed by atoms with van der Waals surface area (Å²) in [7, 11) is 1.91. The van der Waals surface area contributed by atoms with E-state index in [0.717, 1.165) is 11.5 Å². The van der Waals surface area contributed by atoms with E-state index in [1.807, 2.05) is 39.1 Å². The van der Waals surface area contributed by atoms with Crippen LogP contribution in [0.5, 0.6) is 0 Å². The van der Waals surface area contributed by atoms with Gasteiger partial charge >= 0.3 is 0 Å².